The maximum atomic E-state index is 11.6. The van der Waals surface area contributed by atoms with E-state index in [0.717, 1.165) is 5.56 Å². The Labute approximate surface area is 124 Å². The lowest BCUT2D eigenvalue weighted by atomic mass is 9.72. The Morgan fingerprint density at radius 2 is 1.95 bits per heavy atom. The Kier molecular flexibility index (Phi) is 5.76. The maximum absolute atomic E-state index is 11.6. The molecular formula is C15H21N3O3. The van der Waals surface area contributed by atoms with Gasteiger partial charge >= 0.3 is 5.97 Å². The molecule has 0 heterocycles. The predicted molar refractivity (Wildman–Crippen MR) is 79.7 cm³/mol. The van der Waals surface area contributed by atoms with Crippen molar-refractivity contribution < 1.29 is 14.6 Å². The second-order valence-corrected chi connectivity index (χ2v) is 5.89. The SMILES string of the molecule is CC(C)(C)[C@](CCOCc1ccccc1)(N=[N+]=[N-])C(=O)O. The van der Waals surface area contributed by atoms with Gasteiger partial charge in [0.05, 0.1) is 6.61 Å². The smallest absolute Gasteiger partial charge is 0.316 e. The summed E-state index contributed by atoms with van der Waals surface area (Å²) in [5.74, 6) is -1.13. The maximum Gasteiger partial charge on any atom is 0.316 e. The molecule has 114 valence electrons. The summed E-state index contributed by atoms with van der Waals surface area (Å²) in [7, 11) is 0. The second-order valence-electron chi connectivity index (χ2n) is 5.89. The Morgan fingerprint density at radius 3 is 2.43 bits per heavy atom. The Bertz CT molecular complexity index is 515. The van der Waals surface area contributed by atoms with Crippen molar-refractivity contribution in [2.24, 2.45) is 10.5 Å². The second kappa shape index (κ2) is 7.11. The molecule has 0 amide bonds. The standard InChI is InChI=1S/C15H21N3O3/c1-14(2,3)15(13(19)20,17-18-16)9-10-21-11-12-7-5-4-6-8-12/h4-8H,9-11H2,1-3H3,(H,19,20)/t15-/m1/s1. The van der Waals surface area contributed by atoms with E-state index in [4.69, 9.17) is 10.3 Å². The number of hydrogen-bond acceptors (Lipinski definition) is 3. The third-order valence-corrected chi connectivity index (χ3v) is 3.53. The molecule has 6 heteroatoms. The van der Waals surface area contributed by atoms with Crippen LogP contribution in [0.5, 0.6) is 0 Å². The van der Waals surface area contributed by atoms with Gasteiger partial charge in [-0.15, -0.1) is 0 Å². The summed E-state index contributed by atoms with van der Waals surface area (Å²) < 4.78 is 5.52. The van der Waals surface area contributed by atoms with Crippen molar-refractivity contribution in [2.75, 3.05) is 6.61 Å². The largest absolute Gasteiger partial charge is 0.481 e. The lowest BCUT2D eigenvalue weighted by Crippen LogP contribution is -2.49. The molecular weight excluding hydrogens is 270 g/mol. The monoisotopic (exact) mass is 291 g/mol. The summed E-state index contributed by atoms with van der Waals surface area (Å²) in [4.78, 5) is 14.3. The summed E-state index contributed by atoms with van der Waals surface area (Å²) in [6.45, 7) is 5.83. The van der Waals surface area contributed by atoms with Crippen LogP contribution in [-0.2, 0) is 16.1 Å². The van der Waals surface area contributed by atoms with Crippen LogP contribution in [0, 0.1) is 5.41 Å². The van der Waals surface area contributed by atoms with Crippen LogP contribution in [0.2, 0.25) is 0 Å². The minimum atomic E-state index is -1.52. The van der Waals surface area contributed by atoms with E-state index >= 15 is 0 Å². The molecule has 0 radical (unpaired) electrons. The van der Waals surface area contributed by atoms with Crippen molar-refractivity contribution in [3.8, 4) is 0 Å². The molecule has 1 N–H and O–H groups in total. The van der Waals surface area contributed by atoms with Crippen molar-refractivity contribution in [1.82, 2.24) is 0 Å². The third kappa shape index (κ3) is 4.21. The van der Waals surface area contributed by atoms with E-state index in [9.17, 15) is 9.90 Å². The molecule has 0 aliphatic heterocycles. The summed E-state index contributed by atoms with van der Waals surface area (Å²) in [5, 5.41) is 13.1. The molecule has 0 aliphatic rings. The van der Waals surface area contributed by atoms with E-state index in [1.54, 1.807) is 20.8 Å². The minimum Gasteiger partial charge on any atom is -0.481 e. The molecule has 1 rings (SSSR count). The van der Waals surface area contributed by atoms with Crippen molar-refractivity contribution in [2.45, 2.75) is 39.3 Å². The number of ether oxygens (including phenoxy) is 1. The van der Waals surface area contributed by atoms with Gasteiger partial charge in [0.15, 0.2) is 5.54 Å². The fourth-order valence-corrected chi connectivity index (χ4v) is 2.11. The van der Waals surface area contributed by atoms with Crippen molar-refractivity contribution >= 4 is 5.97 Å². The van der Waals surface area contributed by atoms with E-state index in [-0.39, 0.29) is 13.0 Å². The molecule has 0 aromatic heterocycles. The highest BCUT2D eigenvalue weighted by molar-refractivity contribution is 5.80. The first kappa shape index (κ1) is 17.0. The predicted octanol–water partition coefficient (Wildman–Crippen LogP) is 3.77. The fraction of sp³-hybridized carbons (Fsp3) is 0.533. The molecule has 0 saturated heterocycles. The van der Waals surface area contributed by atoms with E-state index in [0.29, 0.717) is 6.61 Å². The molecule has 0 bridgehead atoms. The number of aliphatic carboxylic acids is 1. The van der Waals surface area contributed by atoms with Crippen LogP contribution in [0.1, 0.15) is 32.8 Å². The van der Waals surface area contributed by atoms with E-state index in [1.165, 1.54) is 0 Å². The number of hydrogen-bond donors (Lipinski definition) is 1. The molecule has 0 unspecified atom stereocenters. The lowest BCUT2D eigenvalue weighted by molar-refractivity contribution is -0.149. The van der Waals surface area contributed by atoms with Crippen LogP contribution in [0.15, 0.2) is 35.4 Å². The highest BCUT2D eigenvalue weighted by Gasteiger charge is 2.48. The first-order chi connectivity index (χ1) is 9.83. The number of benzene rings is 1. The van der Waals surface area contributed by atoms with E-state index in [2.05, 4.69) is 10.0 Å². The zero-order valence-electron chi connectivity index (χ0n) is 12.6. The lowest BCUT2D eigenvalue weighted by Gasteiger charge is -2.37. The quantitative estimate of drug-likeness (QED) is 0.358. The van der Waals surface area contributed by atoms with Gasteiger partial charge in [-0.25, -0.2) is 0 Å². The van der Waals surface area contributed by atoms with Gasteiger partial charge in [-0.3, -0.25) is 4.79 Å². The van der Waals surface area contributed by atoms with Gasteiger partial charge in [0, 0.05) is 11.5 Å². The zero-order valence-corrected chi connectivity index (χ0v) is 12.6. The van der Waals surface area contributed by atoms with Crippen LogP contribution in [0.25, 0.3) is 10.4 Å². The molecule has 6 nitrogen and oxygen atoms in total. The first-order valence-electron chi connectivity index (χ1n) is 6.75. The Balaban J connectivity index is 2.70. The minimum absolute atomic E-state index is 0.128. The molecule has 1 aromatic carbocycles. The van der Waals surface area contributed by atoms with Crippen LogP contribution in [0.3, 0.4) is 0 Å². The Hall–Kier alpha value is -2.04. The zero-order chi connectivity index (χ0) is 15.9. The van der Waals surface area contributed by atoms with E-state index in [1.807, 2.05) is 30.3 Å². The number of azide groups is 1. The van der Waals surface area contributed by atoms with Crippen molar-refractivity contribution in [3.05, 3.63) is 46.3 Å². The summed E-state index contributed by atoms with van der Waals surface area (Å²) in [5.41, 5.74) is 7.49. The summed E-state index contributed by atoms with van der Waals surface area (Å²) in [6.07, 6.45) is 0.128. The fourth-order valence-electron chi connectivity index (χ4n) is 2.11. The van der Waals surface area contributed by atoms with Gasteiger partial charge in [-0.2, -0.15) is 0 Å². The highest BCUT2D eigenvalue weighted by Crippen LogP contribution is 2.37. The topological polar surface area (TPSA) is 95.3 Å². The molecule has 0 saturated carbocycles. The van der Waals surface area contributed by atoms with Crippen molar-refractivity contribution in [3.63, 3.8) is 0 Å². The molecule has 0 spiro atoms. The van der Waals surface area contributed by atoms with E-state index < -0.39 is 16.9 Å². The average Bonchev–Trinajstić information content (AvgIpc) is 2.41. The summed E-state index contributed by atoms with van der Waals surface area (Å²) >= 11 is 0. The van der Waals surface area contributed by atoms with Crippen LogP contribution < -0.4 is 0 Å². The van der Waals surface area contributed by atoms with Crippen LogP contribution in [-0.4, -0.2) is 23.2 Å². The van der Waals surface area contributed by atoms with Gasteiger partial charge in [0.1, 0.15) is 0 Å². The number of carboxylic acids is 1. The van der Waals surface area contributed by atoms with Crippen molar-refractivity contribution in [1.29, 1.82) is 0 Å². The van der Waals surface area contributed by atoms with Gasteiger partial charge in [-0.05, 0) is 22.9 Å². The number of carboxylic acid groups (broad SMARTS) is 1. The molecule has 0 aliphatic carbocycles. The van der Waals surface area contributed by atoms with Gasteiger partial charge < -0.3 is 9.84 Å². The molecule has 0 fully saturated rings. The normalized spacial score (nSPS) is 14.0. The van der Waals surface area contributed by atoms with Gasteiger partial charge in [0.2, 0.25) is 0 Å². The first-order valence-corrected chi connectivity index (χ1v) is 6.75. The molecule has 21 heavy (non-hydrogen) atoms. The molecule has 1 atom stereocenters. The summed E-state index contributed by atoms with van der Waals surface area (Å²) in [6, 6.07) is 9.61. The van der Waals surface area contributed by atoms with Gasteiger partial charge in [0.25, 0.3) is 0 Å². The average molecular weight is 291 g/mol. The van der Waals surface area contributed by atoms with Crippen LogP contribution >= 0.6 is 0 Å². The third-order valence-electron chi connectivity index (χ3n) is 3.53. The molecule has 1 aromatic rings. The van der Waals surface area contributed by atoms with Gasteiger partial charge in [-0.1, -0.05) is 56.2 Å². The Morgan fingerprint density at radius 1 is 1.33 bits per heavy atom. The number of nitrogens with zero attached hydrogens (tertiary/aromatic N) is 3. The van der Waals surface area contributed by atoms with Crippen LogP contribution in [0.4, 0.5) is 0 Å². The number of carbonyl (C=O) groups is 1. The number of rotatable bonds is 7. The highest BCUT2D eigenvalue weighted by atomic mass is 16.5.